The molecule has 0 amide bonds. The van der Waals surface area contributed by atoms with Crippen LogP contribution in [0, 0.1) is 0 Å². The second kappa shape index (κ2) is 9.98. The molecule has 1 heterocycles. The summed E-state index contributed by atoms with van der Waals surface area (Å²) in [7, 11) is 0. The fourth-order valence-electron chi connectivity index (χ4n) is 2.28. The fraction of sp³-hybridized carbons (Fsp3) is 0.800. The lowest BCUT2D eigenvalue weighted by molar-refractivity contribution is -0.149. The van der Waals surface area contributed by atoms with Gasteiger partial charge in [-0.1, -0.05) is 44.8 Å². The van der Waals surface area contributed by atoms with Crippen LogP contribution in [0.15, 0.2) is 12.2 Å². The summed E-state index contributed by atoms with van der Waals surface area (Å²) in [6.45, 7) is 4.59. The van der Waals surface area contributed by atoms with E-state index in [4.69, 9.17) is 9.84 Å². The van der Waals surface area contributed by atoms with Crippen molar-refractivity contribution >= 4 is 5.97 Å². The van der Waals surface area contributed by atoms with Crippen molar-refractivity contribution in [1.82, 2.24) is 4.90 Å². The minimum absolute atomic E-state index is 0.306. The van der Waals surface area contributed by atoms with Gasteiger partial charge < -0.3 is 9.84 Å². The Labute approximate surface area is 116 Å². The van der Waals surface area contributed by atoms with Crippen LogP contribution in [0.4, 0.5) is 0 Å². The van der Waals surface area contributed by atoms with Gasteiger partial charge in [0.15, 0.2) is 0 Å². The van der Waals surface area contributed by atoms with Crippen LogP contribution in [0.5, 0.6) is 0 Å². The lowest BCUT2D eigenvalue weighted by Gasteiger charge is -2.31. The molecule has 0 spiro atoms. The largest absolute Gasteiger partial charge is 0.480 e. The van der Waals surface area contributed by atoms with Crippen LogP contribution in [0.3, 0.4) is 0 Å². The Hall–Kier alpha value is -0.870. The smallest absolute Gasteiger partial charge is 0.323 e. The molecule has 1 saturated heterocycles. The molecule has 1 aliphatic rings. The maximum Gasteiger partial charge on any atom is 0.323 e. The van der Waals surface area contributed by atoms with E-state index in [1.54, 1.807) is 0 Å². The number of rotatable bonds is 9. The molecule has 1 unspecified atom stereocenters. The van der Waals surface area contributed by atoms with Crippen molar-refractivity contribution in [2.45, 2.75) is 51.5 Å². The average Bonchev–Trinajstić information content (AvgIpc) is 2.42. The van der Waals surface area contributed by atoms with E-state index < -0.39 is 12.0 Å². The van der Waals surface area contributed by atoms with Gasteiger partial charge in [-0.25, -0.2) is 0 Å². The summed E-state index contributed by atoms with van der Waals surface area (Å²) in [6, 6.07) is -0.483. The average molecular weight is 269 g/mol. The van der Waals surface area contributed by atoms with E-state index in [1.807, 2.05) is 4.90 Å². The third-order valence-electron chi connectivity index (χ3n) is 3.51. The molecule has 0 aromatic heterocycles. The third-order valence-corrected chi connectivity index (χ3v) is 3.51. The Balaban J connectivity index is 2.14. The highest BCUT2D eigenvalue weighted by Crippen LogP contribution is 2.08. The van der Waals surface area contributed by atoms with Crippen molar-refractivity contribution in [2.75, 3.05) is 26.3 Å². The van der Waals surface area contributed by atoms with Crippen LogP contribution >= 0.6 is 0 Å². The number of hydrogen-bond donors (Lipinski definition) is 1. The highest BCUT2D eigenvalue weighted by atomic mass is 16.5. The highest BCUT2D eigenvalue weighted by molar-refractivity contribution is 5.73. The zero-order chi connectivity index (χ0) is 13.9. The van der Waals surface area contributed by atoms with Crippen molar-refractivity contribution in [3.63, 3.8) is 0 Å². The molecule has 0 bridgehead atoms. The summed E-state index contributed by atoms with van der Waals surface area (Å²) in [5, 5.41) is 9.09. The lowest BCUT2D eigenvalue weighted by Crippen LogP contribution is -2.49. The number of ether oxygens (including phenoxy) is 1. The minimum Gasteiger partial charge on any atom is -0.480 e. The normalized spacial score (nSPS) is 21.0. The van der Waals surface area contributed by atoms with Crippen LogP contribution in [0.1, 0.15) is 45.4 Å². The van der Waals surface area contributed by atoms with Crippen molar-refractivity contribution < 1.29 is 14.6 Å². The Morgan fingerprint density at radius 1 is 1.32 bits per heavy atom. The molecule has 4 nitrogen and oxygen atoms in total. The number of aliphatic carboxylic acids is 1. The van der Waals surface area contributed by atoms with Gasteiger partial charge in [-0.2, -0.15) is 0 Å². The van der Waals surface area contributed by atoms with Gasteiger partial charge >= 0.3 is 5.97 Å². The first-order valence-electron chi connectivity index (χ1n) is 7.45. The second-order valence-corrected chi connectivity index (χ2v) is 5.10. The Morgan fingerprint density at radius 3 is 2.84 bits per heavy atom. The van der Waals surface area contributed by atoms with Crippen molar-refractivity contribution in [3.8, 4) is 0 Å². The molecule has 110 valence electrons. The number of nitrogens with zero attached hydrogens (tertiary/aromatic N) is 1. The standard InChI is InChI=1S/C15H27NO3/c1-2-3-4-5-6-7-8-9-10-16-11-12-19-13-14(16)15(17)18/h8-9,14H,2-7,10-13H2,1H3,(H,17,18). The number of carbonyl (C=O) groups is 1. The second-order valence-electron chi connectivity index (χ2n) is 5.10. The molecule has 1 atom stereocenters. The van der Waals surface area contributed by atoms with Gasteiger partial charge in [0.25, 0.3) is 0 Å². The van der Waals surface area contributed by atoms with Crippen LogP contribution in [0.25, 0.3) is 0 Å². The van der Waals surface area contributed by atoms with E-state index in [1.165, 1.54) is 32.1 Å². The molecule has 19 heavy (non-hydrogen) atoms. The van der Waals surface area contributed by atoms with Crippen molar-refractivity contribution in [3.05, 3.63) is 12.2 Å². The lowest BCUT2D eigenvalue weighted by atomic mass is 10.1. The van der Waals surface area contributed by atoms with Gasteiger partial charge in [-0.3, -0.25) is 9.69 Å². The molecule has 0 aromatic carbocycles. The van der Waals surface area contributed by atoms with Gasteiger partial charge in [0.2, 0.25) is 0 Å². The van der Waals surface area contributed by atoms with Crippen LogP contribution in [0.2, 0.25) is 0 Å². The number of hydrogen-bond acceptors (Lipinski definition) is 3. The van der Waals surface area contributed by atoms with E-state index in [9.17, 15) is 4.79 Å². The third kappa shape index (κ3) is 6.73. The van der Waals surface area contributed by atoms with Gasteiger partial charge in [-0.05, 0) is 12.8 Å². The number of morpholine rings is 1. The summed E-state index contributed by atoms with van der Waals surface area (Å²) in [5.41, 5.74) is 0. The fourth-order valence-corrected chi connectivity index (χ4v) is 2.28. The molecule has 1 N–H and O–H groups in total. The summed E-state index contributed by atoms with van der Waals surface area (Å²) < 4.78 is 5.21. The first kappa shape index (κ1) is 16.2. The van der Waals surface area contributed by atoms with Crippen LogP contribution in [-0.4, -0.2) is 48.3 Å². The van der Waals surface area contributed by atoms with Gasteiger partial charge in [0, 0.05) is 13.1 Å². The number of allylic oxidation sites excluding steroid dienone is 1. The van der Waals surface area contributed by atoms with E-state index in [0.29, 0.717) is 19.8 Å². The molecular weight excluding hydrogens is 242 g/mol. The monoisotopic (exact) mass is 269 g/mol. The molecular formula is C15H27NO3. The first-order valence-corrected chi connectivity index (χ1v) is 7.45. The predicted octanol–water partition coefficient (Wildman–Crippen LogP) is 2.69. The zero-order valence-electron chi connectivity index (χ0n) is 12.0. The summed E-state index contributed by atoms with van der Waals surface area (Å²) >= 11 is 0. The van der Waals surface area contributed by atoms with Gasteiger partial charge in [0.1, 0.15) is 6.04 Å². The summed E-state index contributed by atoms with van der Waals surface area (Å²) in [5.74, 6) is -0.785. The van der Waals surface area contributed by atoms with E-state index in [0.717, 1.165) is 13.0 Å². The molecule has 1 rings (SSSR count). The zero-order valence-corrected chi connectivity index (χ0v) is 12.0. The molecule has 4 heteroatoms. The maximum atomic E-state index is 11.1. The Bertz CT molecular complexity index is 279. The van der Waals surface area contributed by atoms with E-state index in [-0.39, 0.29) is 0 Å². The molecule has 1 fully saturated rings. The SMILES string of the molecule is CCCCCCCC=CCN1CCOCC1C(=O)O. The van der Waals surface area contributed by atoms with Crippen LogP contribution < -0.4 is 0 Å². The van der Waals surface area contributed by atoms with Crippen molar-refractivity contribution in [2.24, 2.45) is 0 Å². The molecule has 0 radical (unpaired) electrons. The predicted molar refractivity (Wildman–Crippen MR) is 76.3 cm³/mol. The number of unbranched alkanes of at least 4 members (excludes halogenated alkanes) is 5. The number of carboxylic acids is 1. The Kier molecular flexibility index (Phi) is 8.50. The Morgan fingerprint density at radius 2 is 2.11 bits per heavy atom. The van der Waals surface area contributed by atoms with Gasteiger partial charge in [0.05, 0.1) is 13.2 Å². The van der Waals surface area contributed by atoms with Crippen LogP contribution in [-0.2, 0) is 9.53 Å². The number of carboxylic acid groups (broad SMARTS) is 1. The topological polar surface area (TPSA) is 49.8 Å². The van der Waals surface area contributed by atoms with E-state index in [2.05, 4.69) is 19.1 Å². The van der Waals surface area contributed by atoms with Gasteiger partial charge in [-0.15, -0.1) is 0 Å². The molecule has 0 saturated carbocycles. The van der Waals surface area contributed by atoms with Crippen molar-refractivity contribution in [1.29, 1.82) is 0 Å². The molecule has 1 aliphatic heterocycles. The molecule has 0 aromatic rings. The maximum absolute atomic E-state index is 11.1. The quantitative estimate of drug-likeness (QED) is 0.516. The highest BCUT2D eigenvalue weighted by Gasteiger charge is 2.27. The molecule has 0 aliphatic carbocycles. The summed E-state index contributed by atoms with van der Waals surface area (Å²) in [4.78, 5) is 13.0. The summed E-state index contributed by atoms with van der Waals surface area (Å²) in [6.07, 6.45) is 11.9. The minimum atomic E-state index is -0.785. The van der Waals surface area contributed by atoms with E-state index >= 15 is 0 Å². The first-order chi connectivity index (χ1) is 9.25.